The smallest absolute Gasteiger partial charge is 0.341 e. The van der Waals surface area contributed by atoms with E-state index < -0.39 is 12.6 Å². The normalized spacial score (nSPS) is 13.3. The van der Waals surface area contributed by atoms with Crippen molar-refractivity contribution in [3.8, 4) is 5.75 Å². The van der Waals surface area contributed by atoms with E-state index in [9.17, 15) is 9.59 Å². The number of carbonyl (C=O) groups is 2. The third kappa shape index (κ3) is 4.13. The average molecular weight is 325 g/mol. The first-order valence-electron chi connectivity index (χ1n) is 7.95. The molecule has 24 heavy (non-hydrogen) atoms. The van der Waals surface area contributed by atoms with Crippen molar-refractivity contribution in [3.63, 3.8) is 0 Å². The molecule has 0 aromatic heterocycles. The van der Waals surface area contributed by atoms with E-state index in [4.69, 9.17) is 9.84 Å². The van der Waals surface area contributed by atoms with Gasteiger partial charge in [0.25, 0.3) is 5.91 Å². The molecule has 0 spiro atoms. The number of nitrogens with zero attached hydrogens (tertiary/aromatic N) is 1. The van der Waals surface area contributed by atoms with Gasteiger partial charge in [0.2, 0.25) is 0 Å². The predicted octanol–water partition coefficient (Wildman–Crippen LogP) is 3.21. The lowest BCUT2D eigenvalue weighted by molar-refractivity contribution is -0.139. The zero-order valence-corrected chi connectivity index (χ0v) is 13.2. The number of ether oxygens (including phenoxy) is 1. The van der Waals surface area contributed by atoms with E-state index in [-0.39, 0.29) is 5.91 Å². The second-order valence-electron chi connectivity index (χ2n) is 5.90. The first kappa shape index (κ1) is 16.1. The van der Waals surface area contributed by atoms with Gasteiger partial charge >= 0.3 is 5.97 Å². The number of hydrogen-bond acceptors (Lipinski definition) is 3. The van der Waals surface area contributed by atoms with Crippen molar-refractivity contribution in [2.24, 2.45) is 5.92 Å². The molecule has 0 atom stereocenters. The molecule has 1 aliphatic rings. The molecule has 3 rings (SSSR count). The monoisotopic (exact) mass is 325 g/mol. The predicted molar refractivity (Wildman–Crippen MR) is 90.4 cm³/mol. The number of carboxylic acids is 1. The lowest BCUT2D eigenvalue weighted by atomic mass is 10.1. The quantitative estimate of drug-likeness (QED) is 0.849. The van der Waals surface area contributed by atoms with Crippen LogP contribution in [0.3, 0.4) is 0 Å². The summed E-state index contributed by atoms with van der Waals surface area (Å²) in [4.78, 5) is 25.4. The largest absolute Gasteiger partial charge is 0.482 e. The number of aliphatic carboxylic acids is 1. The Morgan fingerprint density at radius 3 is 2.50 bits per heavy atom. The zero-order valence-electron chi connectivity index (χ0n) is 13.2. The Morgan fingerprint density at radius 1 is 1.08 bits per heavy atom. The van der Waals surface area contributed by atoms with Gasteiger partial charge in [-0.05, 0) is 49.1 Å². The molecule has 124 valence electrons. The number of rotatable bonds is 7. The summed E-state index contributed by atoms with van der Waals surface area (Å²) in [5.74, 6) is -0.219. The second kappa shape index (κ2) is 7.17. The Bertz CT molecular complexity index is 725. The van der Waals surface area contributed by atoms with Crippen LogP contribution in [0.15, 0.2) is 54.6 Å². The van der Waals surface area contributed by atoms with Crippen LogP contribution in [0.1, 0.15) is 23.2 Å². The molecule has 1 aliphatic carbocycles. The maximum Gasteiger partial charge on any atom is 0.341 e. The van der Waals surface area contributed by atoms with E-state index in [1.807, 2.05) is 30.3 Å². The lowest BCUT2D eigenvalue weighted by Crippen LogP contribution is -2.32. The zero-order chi connectivity index (χ0) is 16.9. The fourth-order valence-corrected chi connectivity index (χ4v) is 2.49. The maximum atomic E-state index is 13.0. The average Bonchev–Trinajstić information content (AvgIpc) is 3.42. The first-order valence-corrected chi connectivity index (χ1v) is 7.95. The van der Waals surface area contributed by atoms with Gasteiger partial charge in [-0.15, -0.1) is 0 Å². The summed E-state index contributed by atoms with van der Waals surface area (Å²) < 4.78 is 5.17. The molecule has 0 heterocycles. The highest BCUT2D eigenvalue weighted by atomic mass is 16.5. The van der Waals surface area contributed by atoms with Gasteiger partial charge in [0.1, 0.15) is 5.75 Å². The van der Waals surface area contributed by atoms with Crippen LogP contribution in [0, 0.1) is 5.92 Å². The third-order valence-corrected chi connectivity index (χ3v) is 3.89. The van der Waals surface area contributed by atoms with E-state index >= 15 is 0 Å². The molecule has 0 aliphatic heterocycles. The summed E-state index contributed by atoms with van der Waals surface area (Å²) in [6, 6.07) is 16.2. The van der Waals surface area contributed by atoms with Crippen LogP contribution in [0.2, 0.25) is 0 Å². The Labute approximate surface area is 140 Å². The lowest BCUT2D eigenvalue weighted by Gasteiger charge is -2.23. The van der Waals surface area contributed by atoms with Crippen LogP contribution in [-0.4, -0.2) is 30.1 Å². The molecule has 2 aromatic rings. The molecule has 5 nitrogen and oxygen atoms in total. The summed E-state index contributed by atoms with van der Waals surface area (Å²) in [7, 11) is 0. The van der Waals surface area contributed by atoms with Crippen molar-refractivity contribution in [3.05, 3.63) is 60.2 Å². The van der Waals surface area contributed by atoms with Gasteiger partial charge in [-0.1, -0.05) is 24.3 Å². The fraction of sp³-hybridized carbons (Fsp3) is 0.263. The maximum absolute atomic E-state index is 13.0. The van der Waals surface area contributed by atoms with Gasteiger partial charge in [0.15, 0.2) is 6.61 Å². The summed E-state index contributed by atoms with van der Waals surface area (Å²) in [5.41, 5.74) is 1.36. The standard InChI is InChI=1S/C19H19NO4/c21-18(22)13-24-17-8-4-5-15(11-17)19(23)20(12-14-9-10-14)16-6-2-1-3-7-16/h1-8,11,14H,9-10,12-13H2,(H,21,22). The first-order chi connectivity index (χ1) is 11.6. The minimum Gasteiger partial charge on any atom is -0.482 e. The van der Waals surface area contributed by atoms with Gasteiger partial charge in [-0.2, -0.15) is 0 Å². The van der Waals surface area contributed by atoms with Crippen molar-refractivity contribution >= 4 is 17.6 Å². The molecule has 1 N–H and O–H groups in total. The molecule has 0 radical (unpaired) electrons. The van der Waals surface area contributed by atoms with E-state index in [0.29, 0.717) is 23.8 Å². The Morgan fingerprint density at radius 2 is 1.83 bits per heavy atom. The topological polar surface area (TPSA) is 66.8 Å². The minimum absolute atomic E-state index is 0.103. The van der Waals surface area contributed by atoms with Crippen LogP contribution in [-0.2, 0) is 4.79 Å². The summed E-state index contributed by atoms with van der Waals surface area (Å²) >= 11 is 0. The summed E-state index contributed by atoms with van der Waals surface area (Å²) in [6.07, 6.45) is 2.30. The van der Waals surface area contributed by atoms with Crippen molar-refractivity contribution in [2.75, 3.05) is 18.1 Å². The van der Waals surface area contributed by atoms with Crippen LogP contribution in [0.5, 0.6) is 5.75 Å². The van der Waals surface area contributed by atoms with Crippen molar-refractivity contribution in [1.82, 2.24) is 0 Å². The highest BCUT2D eigenvalue weighted by Gasteiger charge is 2.28. The fourth-order valence-electron chi connectivity index (χ4n) is 2.49. The number of hydrogen-bond donors (Lipinski definition) is 1. The van der Waals surface area contributed by atoms with Gasteiger partial charge in [-0.25, -0.2) is 4.79 Å². The summed E-state index contributed by atoms with van der Waals surface area (Å²) in [5, 5.41) is 8.70. The molecule has 1 amide bonds. The molecule has 1 fully saturated rings. The number of para-hydroxylation sites is 1. The van der Waals surface area contributed by atoms with Gasteiger partial charge < -0.3 is 14.7 Å². The van der Waals surface area contributed by atoms with Gasteiger partial charge in [-0.3, -0.25) is 4.79 Å². The molecule has 5 heteroatoms. The number of anilines is 1. The van der Waals surface area contributed by atoms with E-state index in [1.165, 1.54) is 0 Å². The Balaban J connectivity index is 1.81. The number of benzene rings is 2. The van der Waals surface area contributed by atoms with Gasteiger partial charge in [0, 0.05) is 17.8 Å². The molecule has 2 aromatic carbocycles. The Kier molecular flexibility index (Phi) is 4.79. The van der Waals surface area contributed by atoms with Crippen LogP contribution in [0.25, 0.3) is 0 Å². The van der Waals surface area contributed by atoms with Crippen molar-refractivity contribution in [1.29, 1.82) is 0 Å². The third-order valence-electron chi connectivity index (χ3n) is 3.89. The minimum atomic E-state index is -1.05. The molecular weight excluding hydrogens is 306 g/mol. The van der Waals surface area contributed by atoms with E-state index in [1.54, 1.807) is 29.2 Å². The molecule has 1 saturated carbocycles. The SMILES string of the molecule is O=C(O)COc1cccc(C(=O)N(CC2CC2)c2ccccc2)c1. The van der Waals surface area contributed by atoms with Gasteiger partial charge in [0.05, 0.1) is 0 Å². The Hall–Kier alpha value is -2.82. The molecular formula is C19H19NO4. The number of carbonyl (C=O) groups excluding carboxylic acids is 1. The van der Waals surface area contributed by atoms with E-state index in [0.717, 1.165) is 18.5 Å². The van der Waals surface area contributed by atoms with Crippen molar-refractivity contribution < 1.29 is 19.4 Å². The molecule has 0 unspecified atom stereocenters. The van der Waals surface area contributed by atoms with Crippen LogP contribution in [0.4, 0.5) is 5.69 Å². The van der Waals surface area contributed by atoms with Crippen LogP contribution >= 0.6 is 0 Å². The molecule has 0 bridgehead atoms. The second-order valence-corrected chi connectivity index (χ2v) is 5.90. The van der Waals surface area contributed by atoms with Crippen LogP contribution < -0.4 is 9.64 Å². The number of amides is 1. The number of carboxylic acid groups (broad SMARTS) is 1. The highest BCUT2D eigenvalue weighted by molar-refractivity contribution is 6.06. The molecule has 0 saturated heterocycles. The summed E-state index contributed by atoms with van der Waals surface area (Å²) in [6.45, 7) is 0.269. The van der Waals surface area contributed by atoms with E-state index in [2.05, 4.69) is 0 Å². The highest BCUT2D eigenvalue weighted by Crippen LogP contribution is 2.32. The van der Waals surface area contributed by atoms with Crippen molar-refractivity contribution in [2.45, 2.75) is 12.8 Å².